The van der Waals surface area contributed by atoms with Gasteiger partial charge in [-0.2, -0.15) is 0 Å². The summed E-state index contributed by atoms with van der Waals surface area (Å²) >= 11 is 0. The van der Waals surface area contributed by atoms with Crippen LogP contribution >= 0.6 is 0 Å². The molecule has 1 N–H and O–H groups in total. The number of amides is 1. The highest BCUT2D eigenvalue weighted by Gasteiger charge is 2.42. The van der Waals surface area contributed by atoms with Gasteiger partial charge in [0, 0.05) is 18.7 Å². The maximum Gasteiger partial charge on any atom is 0.228 e. The van der Waals surface area contributed by atoms with Crippen molar-refractivity contribution in [2.45, 2.75) is 24.9 Å². The van der Waals surface area contributed by atoms with Crippen LogP contribution in [0.2, 0.25) is 0 Å². The molecule has 2 aliphatic heterocycles. The van der Waals surface area contributed by atoms with Crippen LogP contribution in [-0.4, -0.2) is 29.5 Å². The van der Waals surface area contributed by atoms with Crippen LogP contribution in [0.3, 0.4) is 0 Å². The van der Waals surface area contributed by atoms with Gasteiger partial charge in [0.1, 0.15) is 0 Å². The minimum absolute atomic E-state index is 0.213. The van der Waals surface area contributed by atoms with E-state index in [9.17, 15) is 4.79 Å². The number of fused-ring (bicyclic) bond motifs is 1. The zero-order valence-corrected chi connectivity index (χ0v) is 8.39. The number of anilines is 1. The Kier molecular flexibility index (Phi) is 1.95. The third-order valence-corrected chi connectivity index (χ3v) is 3.23. The highest BCUT2D eigenvalue weighted by Crippen LogP contribution is 2.30. The van der Waals surface area contributed by atoms with E-state index in [1.54, 1.807) is 12.4 Å². The molecule has 0 unspecified atom stereocenters. The van der Waals surface area contributed by atoms with Gasteiger partial charge in [0.2, 0.25) is 5.91 Å². The predicted molar refractivity (Wildman–Crippen MR) is 56.5 cm³/mol. The van der Waals surface area contributed by atoms with Gasteiger partial charge in [-0.1, -0.05) is 0 Å². The molecule has 3 rings (SSSR count). The quantitative estimate of drug-likeness (QED) is 0.725. The van der Waals surface area contributed by atoms with Crippen molar-refractivity contribution in [1.82, 2.24) is 10.3 Å². The molecule has 1 aromatic rings. The molecule has 0 aliphatic carbocycles. The Morgan fingerprint density at radius 1 is 1.53 bits per heavy atom. The van der Waals surface area contributed by atoms with E-state index in [-0.39, 0.29) is 5.91 Å². The molecule has 3 heterocycles. The van der Waals surface area contributed by atoms with Crippen LogP contribution in [0, 0.1) is 0 Å². The lowest BCUT2D eigenvalue weighted by molar-refractivity contribution is -0.117. The average Bonchev–Trinajstić information content (AvgIpc) is 2.78. The van der Waals surface area contributed by atoms with Gasteiger partial charge in [0.05, 0.1) is 17.9 Å². The van der Waals surface area contributed by atoms with Crippen LogP contribution in [0.1, 0.15) is 12.8 Å². The average molecular weight is 203 g/mol. The Balaban J connectivity index is 1.95. The van der Waals surface area contributed by atoms with Crippen LogP contribution in [0.4, 0.5) is 5.69 Å². The zero-order chi connectivity index (χ0) is 10.3. The Bertz CT molecular complexity index is 379. The summed E-state index contributed by atoms with van der Waals surface area (Å²) in [7, 11) is 0. The molecule has 78 valence electrons. The standard InChI is InChI=1S/C11H13N3O/c15-11-6-9-10(3-5-13-9)14(11)8-2-1-4-12-7-8/h1-2,4,7,9-10,13H,3,5-6H2/t9-,10-/m1/s1. The Labute approximate surface area is 88.3 Å². The molecule has 4 heteroatoms. The first-order chi connectivity index (χ1) is 7.36. The molecule has 1 aromatic heterocycles. The van der Waals surface area contributed by atoms with Crippen molar-refractivity contribution in [2.75, 3.05) is 11.4 Å². The van der Waals surface area contributed by atoms with Crippen molar-refractivity contribution < 1.29 is 4.79 Å². The van der Waals surface area contributed by atoms with Gasteiger partial charge < -0.3 is 10.2 Å². The normalized spacial score (nSPS) is 29.6. The van der Waals surface area contributed by atoms with Crippen molar-refractivity contribution in [3.05, 3.63) is 24.5 Å². The number of nitrogens with zero attached hydrogens (tertiary/aromatic N) is 2. The molecule has 4 nitrogen and oxygen atoms in total. The smallest absolute Gasteiger partial charge is 0.228 e. The second-order valence-electron chi connectivity index (χ2n) is 4.10. The lowest BCUT2D eigenvalue weighted by atomic mass is 10.1. The van der Waals surface area contributed by atoms with Gasteiger partial charge >= 0.3 is 0 Å². The molecule has 0 spiro atoms. The first kappa shape index (κ1) is 8.85. The Morgan fingerprint density at radius 2 is 2.47 bits per heavy atom. The third-order valence-electron chi connectivity index (χ3n) is 3.23. The fourth-order valence-corrected chi connectivity index (χ4v) is 2.57. The lowest BCUT2D eigenvalue weighted by Gasteiger charge is -2.22. The molecule has 0 bridgehead atoms. The number of hydrogen-bond acceptors (Lipinski definition) is 3. The second kappa shape index (κ2) is 3.31. The van der Waals surface area contributed by atoms with Gasteiger partial charge in [-0.15, -0.1) is 0 Å². The van der Waals surface area contributed by atoms with Gasteiger partial charge in [0.25, 0.3) is 0 Å². The molecule has 15 heavy (non-hydrogen) atoms. The summed E-state index contributed by atoms with van der Waals surface area (Å²) in [6.45, 7) is 1.01. The van der Waals surface area contributed by atoms with Crippen molar-refractivity contribution in [3.8, 4) is 0 Å². The number of nitrogens with one attached hydrogen (secondary N) is 1. The molecule has 2 saturated heterocycles. The highest BCUT2D eigenvalue weighted by molar-refractivity contribution is 5.97. The summed E-state index contributed by atoms with van der Waals surface area (Å²) in [6.07, 6.45) is 5.16. The largest absolute Gasteiger partial charge is 0.311 e. The number of pyridine rings is 1. The van der Waals surface area contributed by atoms with Crippen LogP contribution in [-0.2, 0) is 4.79 Å². The number of carbonyl (C=O) groups excluding carboxylic acids is 1. The van der Waals surface area contributed by atoms with Crippen LogP contribution in [0.25, 0.3) is 0 Å². The molecule has 2 aliphatic rings. The maximum atomic E-state index is 11.8. The molecule has 2 fully saturated rings. The zero-order valence-electron chi connectivity index (χ0n) is 8.39. The molecule has 0 saturated carbocycles. The van der Waals surface area contributed by atoms with Gasteiger partial charge in [-0.25, -0.2) is 0 Å². The van der Waals surface area contributed by atoms with E-state index in [1.807, 2.05) is 17.0 Å². The summed E-state index contributed by atoms with van der Waals surface area (Å²) in [5.74, 6) is 0.213. The predicted octanol–water partition coefficient (Wildman–Crippen LogP) is 0.549. The molecule has 1 amide bonds. The topological polar surface area (TPSA) is 45.2 Å². The van der Waals surface area contributed by atoms with E-state index in [4.69, 9.17) is 0 Å². The molecular weight excluding hydrogens is 190 g/mol. The maximum absolute atomic E-state index is 11.8. The molecule has 2 atom stereocenters. The van der Waals surface area contributed by atoms with Gasteiger partial charge in [-0.3, -0.25) is 9.78 Å². The van der Waals surface area contributed by atoms with Crippen molar-refractivity contribution in [1.29, 1.82) is 0 Å². The fourth-order valence-electron chi connectivity index (χ4n) is 2.57. The Morgan fingerprint density at radius 3 is 3.27 bits per heavy atom. The second-order valence-corrected chi connectivity index (χ2v) is 4.10. The van der Waals surface area contributed by atoms with E-state index < -0.39 is 0 Å². The minimum atomic E-state index is 0.213. The molecular formula is C11H13N3O. The fraction of sp³-hybridized carbons (Fsp3) is 0.455. The van der Waals surface area contributed by atoms with Crippen LogP contribution in [0.5, 0.6) is 0 Å². The van der Waals surface area contributed by atoms with E-state index in [0.717, 1.165) is 18.7 Å². The van der Waals surface area contributed by atoms with E-state index in [2.05, 4.69) is 10.3 Å². The molecule has 0 aromatic carbocycles. The minimum Gasteiger partial charge on any atom is -0.311 e. The third kappa shape index (κ3) is 1.33. The SMILES string of the molecule is O=C1C[C@H]2NCC[C@H]2N1c1cccnc1. The van der Waals surface area contributed by atoms with Crippen LogP contribution in [0.15, 0.2) is 24.5 Å². The highest BCUT2D eigenvalue weighted by atomic mass is 16.2. The van der Waals surface area contributed by atoms with Crippen molar-refractivity contribution >= 4 is 11.6 Å². The number of rotatable bonds is 1. The van der Waals surface area contributed by atoms with Gasteiger partial charge in [0.15, 0.2) is 0 Å². The van der Waals surface area contributed by atoms with Crippen molar-refractivity contribution in [3.63, 3.8) is 0 Å². The van der Waals surface area contributed by atoms with Gasteiger partial charge in [-0.05, 0) is 25.1 Å². The van der Waals surface area contributed by atoms with Crippen LogP contribution < -0.4 is 10.2 Å². The number of aromatic nitrogens is 1. The lowest BCUT2D eigenvalue weighted by Crippen LogP contribution is -2.35. The summed E-state index contributed by atoms with van der Waals surface area (Å²) < 4.78 is 0. The molecule has 0 radical (unpaired) electrons. The van der Waals surface area contributed by atoms with E-state index in [0.29, 0.717) is 18.5 Å². The summed E-state index contributed by atoms with van der Waals surface area (Å²) in [4.78, 5) is 17.8. The number of hydrogen-bond donors (Lipinski definition) is 1. The summed E-state index contributed by atoms with van der Waals surface area (Å²) in [5, 5.41) is 3.37. The first-order valence-corrected chi connectivity index (χ1v) is 5.32. The summed E-state index contributed by atoms with van der Waals surface area (Å²) in [6, 6.07) is 4.50. The first-order valence-electron chi connectivity index (χ1n) is 5.32. The Hall–Kier alpha value is -1.42. The van der Waals surface area contributed by atoms with E-state index >= 15 is 0 Å². The van der Waals surface area contributed by atoms with Crippen molar-refractivity contribution in [2.24, 2.45) is 0 Å². The summed E-state index contributed by atoms with van der Waals surface area (Å²) in [5.41, 5.74) is 0.929. The number of carbonyl (C=O) groups is 1. The monoisotopic (exact) mass is 203 g/mol. The van der Waals surface area contributed by atoms with E-state index in [1.165, 1.54) is 0 Å².